The predicted molar refractivity (Wildman–Crippen MR) is 106 cm³/mol. The Morgan fingerprint density at radius 3 is 2.53 bits per heavy atom. The summed E-state index contributed by atoms with van der Waals surface area (Å²) in [4.78, 5) is 57.9. The standard InChI is InChI=1S/C12H17N6O13P3/c1-12(3-13)7(19)5(2-28-33(24,25)31-34(26,27)30-32(21,22)23)29-10(12)18-4-15-6-8(18)16-11(14)17-9(6)20/h4-5,7,10,19H,2H2,1H3,(H,24,25)(H,26,27)(H2,21,22,23)(H3,14,16,17,20). The predicted octanol–water partition coefficient (Wildman–Crippen LogP) is -1.17. The van der Waals surface area contributed by atoms with E-state index >= 15 is 0 Å². The molecule has 34 heavy (non-hydrogen) atoms. The first-order valence-corrected chi connectivity index (χ1v) is 13.3. The molecule has 0 spiro atoms. The zero-order valence-corrected chi connectivity index (χ0v) is 19.4. The number of phosphoric ester groups is 1. The number of aliphatic hydroxyl groups excluding tert-OH is 1. The van der Waals surface area contributed by atoms with E-state index in [0.29, 0.717) is 0 Å². The second-order valence-corrected chi connectivity index (χ2v) is 11.4. The molecule has 0 aliphatic carbocycles. The molecule has 188 valence electrons. The van der Waals surface area contributed by atoms with Gasteiger partial charge in [0, 0.05) is 0 Å². The number of nitrogens with one attached hydrogen (secondary N) is 1. The number of aliphatic hydroxyl groups is 1. The van der Waals surface area contributed by atoms with Crippen molar-refractivity contribution >= 4 is 40.6 Å². The number of phosphoric acid groups is 3. The first-order chi connectivity index (χ1) is 15.5. The molecular weight excluding hydrogens is 529 g/mol. The number of hydrogen-bond acceptors (Lipinski definition) is 13. The zero-order valence-electron chi connectivity index (χ0n) is 16.7. The average molecular weight is 546 g/mol. The zero-order chi connectivity index (χ0) is 25.7. The first kappa shape index (κ1) is 26.6. The Morgan fingerprint density at radius 2 is 1.94 bits per heavy atom. The molecule has 6 unspecified atom stereocenters. The molecule has 1 fully saturated rings. The number of nitriles is 1. The molecule has 3 rings (SSSR count). The topological polar surface area (TPSA) is 303 Å². The normalized spacial score (nSPS) is 28.9. The third-order valence-corrected chi connectivity index (χ3v) is 8.35. The number of anilines is 1. The van der Waals surface area contributed by atoms with Crippen molar-refractivity contribution in [2.45, 2.75) is 25.4 Å². The maximum atomic E-state index is 12.0. The molecule has 0 bridgehead atoms. The number of nitrogens with zero attached hydrogens (tertiary/aromatic N) is 4. The SMILES string of the molecule is CC1(C#N)C(O)C(COP(=O)(O)OP(=O)(O)OP(=O)(O)O)OC1n1cnc2c(=O)[nH]c(N)nc21. The van der Waals surface area contributed by atoms with Crippen molar-refractivity contribution in [1.82, 2.24) is 19.5 Å². The first-order valence-electron chi connectivity index (χ1n) is 8.73. The third-order valence-electron chi connectivity index (χ3n) is 4.55. The van der Waals surface area contributed by atoms with Gasteiger partial charge in [0.15, 0.2) is 17.4 Å². The lowest BCUT2D eigenvalue weighted by atomic mass is 9.84. The van der Waals surface area contributed by atoms with E-state index in [0.717, 1.165) is 10.9 Å². The third kappa shape index (κ3) is 5.44. The molecule has 0 saturated carbocycles. The number of aromatic amines is 1. The van der Waals surface area contributed by atoms with Crippen molar-refractivity contribution in [3.8, 4) is 6.07 Å². The smallest absolute Gasteiger partial charge is 0.388 e. The molecule has 1 aliphatic heterocycles. The second-order valence-electron chi connectivity index (χ2n) is 7.03. The minimum absolute atomic E-state index is 0.103. The molecule has 22 heteroatoms. The number of aromatic nitrogens is 4. The summed E-state index contributed by atoms with van der Waals surface area (Å²) in [5, 5.41) is 20.3. The van der Waals surface area contributed by atoms with E-state index < -0.39 is 59.5 Å². The van der Waals surface area contributed by atoms with Crippen molar-refractivity contribution < 1.29 is 56.3 Å². The van der Waals surface area contributed by atoms with Gasteiger partial charge in [-0.1, -0.05) is 0 Å². The Hall–Kier alpha value is -2.03. The fourth-order valence-electron chi connectivity index (χ4n) is 3.11. The monoisotopic (exact) mass is 546 g/mol. The molecule has 0 aromatic carbocycles. The van der Waals surface area contributed by atoms with E-state index in [2.05, 4.69) is 28.1 Å². The molecule has 8 N–H and O–H groups in total. The van der Waals surface area contributed by atoms with Gasteiger partial charge < -0.3 is 35.2 Å². The average Bonchev–Trinajstić information content (AvgIpc) is 3.17. The van der Waals surface area contributed by atoms with Crippen LogP contribution >= 0.6 is 23.5 Å². The van der Waals surface area contributed by atoms with Crippen LogP contribution in [0, 0.1) is 16.7 Å². The van der Waals surface area contributed by atoms with Crippen LogP contribution in [0.15, 0.2) is 11.1 Å². The lowest BCUT2D eigenvalue weighted by molar-refractivity contribution is -0.0461. The minimum Gasteiger partial charge on any atom is -0.388 e. The summed E-state index contributed by atoms with van der Waals surface area (Å²) in [6, 6.07) is 1.84. The Labute approximate surface area is 188 Å². The van der Waals surface area contributed by atoms with Crippen LogP contribution in [0.5, 0.6) is 0 Å². The Kier molecular flexibility index (Phi) is 6.94. The summed E-state index contributed by atoms with van der Waals surface area (Å²) in [6.45, 7) is 0.247. The highest BCUT2D eigenvalue weighted by Crippen LogP contribution is 2.66. The number of rotatable bonds is 8. The largest absolute Gasteiger partial charge is 0.490 e. The van der Waals surface area contributed by atoms with Crippen LogP contribution in [0.1, 0.15) is 13.2 Å². The van der Waals surface area contributed by atoms with Crippen molar-refractivity contribution in [1.29, 1.82) is 5.26 Å². The van der Waals surface area contributed by atoms with Gasteiger partial charge in [-0.3, -0.25) is 18.9 Å². The van der Waals surface area contributed by atoms with E-state index in [1.54, 1.807) is 0 Å². The van der Waals surface area contributed by atoms with E-state index in [4.69, 9.17) is 20.3 Å². The summed E-state index contributed by atoms with van der Waals surface area (Å²) in [6.07, 6.45) is -3.52. The van der Waals surface area contributed by atoms with Crippen LogP contribution in [-0.2, 0) is 31.6 Å². The van der Waals surface area contributed by atoms with Gasteiger partial charge >= 0.3 is 23.5 Å². The summed E-state index contributed by atoms with van der Waals surface area (Å²) in [7, 11) is -16.8. The van der Waals surface area contributed by atoms with Gasteiger partial charge in [-0.15, -0.1) is 0 Å². The van der Waals surface area contributed by atoms with E-state index in [1.165, 1.54) is 6.92 Å². The van der Waals surface area contributed by atoms with Crippen LogP contribution in [-0.4, -0.2) is 63.0 Å². The molecule has 2 aromatic heterocycles. The van der Waals surface area contributed by atoms with Gasteiger partial charge in [-0.2, -0.15) is 18.9 Å². The van der Waals surface area contributed by atoms with Crippen LogP contribution < -0.4 is 11.3 Å². The number of hydrogen-bond donors (Lipinski definition) is 7. The van der Waals surface area contributed by atoms with Crippen molar-refractivity contribution in [2.24, 2.45) is 5.41 Å². The molecule has 2 aromatic rings. The molecule has 0 amide bonds. The fourth-order valence-corrected chi connectivity index (χ4v) is 6.14. The van der Waals surface area contributed by atoms with Crippen LogP contribution in [0.2, 0.25) is 0 Å². The molecule has 6 atom stereocenters. The van der Waals surface area contributed by atoms with E-state index in [1.807, 2.05) is 6.07 Å². The van der Waals surface area contributed by atoms with Crippen LogP contribution in [0.3, 0.4) is 0 Å². The molecule has 1 saturated heterocycles. The van der Waals surface area contributed by atoms with Gasteiger partial charge in [0.1, 0.15) is 17.6 Å². The molecule has 3 heterocycles. The van der Waals surface area contributed by atoms with Crippen LogP contribution in [0.4, 0.5) is 5.95 Å². The number of imidazole rings is 1. The highest BCUT2D eigenvalue weighted by atomic mass is 31.3. The Bertz CT molecular complexity index is 1350. The number of ether oxygens (including phenoxy) is 1. The van der Waals surface area contributed by atoms with E-state index in [9.17, 15) is 38.6 Å². The summed E-state index contributed by atoms with van der Waals surface area (Å²) < 4.78 is 52.4. The number of H-pyrrole nitrogens is 1. The minimum atomic E-state index is -5.75. The van der Waals surface area contributed by atoms with Crippen molar-refractivity contribution in [3.05, 3.63) is 16.7 Å². The fraction of sp³-hybridized carbons (Fsp3) is 0.500. The summed E-state index contributed by atoms with van der Waals surface area (Å²) in [5.41, 5.74) is 2.81. The Morgan fingerprint density at radius 1 is 1.29 bits per heavy atom. The lowest BCUT2D eigenvalue weighted by Crippen LogP contribution is -2.37. The Balaban J connectivity index is 1.83. The maximum Gasteiger partial charge on any atom is 0.490 e. The number of nitrogen functional groups attached to an aromatic ring is 1. The molecular formula is C12H17N6O13P3. The van der Waals surface area contributed by atoms with Gasteiger partial charge in [-0.05, 0) is 6.92 Å². The van der Waals surface area contributed by atoms with Crippen LogP contribution in [0.25, 0.3) is 11.2 Å². The van der Waals surface area contributed by atoms with E-state index in [-0.39, 0.29) is 17.1 Å². The number of nitrogens with two attached hydrogens (primary N) is 1. The van der Waals surface area contributed by atoms with Gasteiger partial charge in [0.25, 0.3) is 5.56 Å². The molecule has 1 aliphatic rings. The van der Waals surface area contributed by atoms with Crippen molar-refractivity contribution in [2.75, 3.05) is 12.3 Å². The summed E-state index contributed by atoms with van der Waals surface area (Å²) >= 11 is 0. The second kappa shape index (κ2) is 8.88. The highest BCUT2D eigenvalue weighted by molar-refractivity contribution is 7.66. The number of fused-ring (bicyclic) bond motifs is 1. The van der Waals surface area contributed by atoms with Gasteiger partial charge in [0.05, 0.1) is 19.0 Å². The quantitative estimate of drug-likeness (QED) is 0.192. The summed E-state index contributed by atoms with van der Waals surface area (Å²) in [5.74, 6) is -0.277. The maximum absolute atomic E-state index is 12.0. The van der Waals surface area contributed by atoms with Gasteiger partial charge in [-0.25, -0.2) is 18.7 Å². The molecule has 0 radical (unpaired) electrons. The highest BCUT2D eigenvalue weighted by Gasteiger charge is 2.56. The molecule has 19 nitrogen and oxygen atoms in total. The lowest BCUT2D eigenvalue weighted by Gasteiger charge is -2.25. The van der Waals surface area contributed by atoms with Gasteiger partial charge in [0.2, 0.25) is 5.95 Å². The van der Waals surface area contributed by atoms with Crippen molar-refractivity contribution in [3.63, 3.8) is 0 Å².